The van der Waals surface area contributed by atoms with Crippen LogP contribution in [0.4, 0.5) is 5.69 Å². The molecule has 1 aliphatic heterocycles. The molecule has 0 saturated carbocycles. The molecule has 1 heterocycles. The van der Waals surface area contributed by atoms with Crippen molar-refractivity contribution in [1.29, 1.82) is 0 Å². The number of nitrogens with one attached hydrogen (secondary N) is 1. The first-order chi connectivity index (χ1) is 14.9. The molecular formula is C21H24N2O7S. The third-order valence-corrected chi connectivity index (χ3v) is 6.51. The van der Waals surface area contributed by atoms with Crippen molar-refractivity contribution in [2.24, 2.45) is 0 Å². The number of ether oxygens (including phenoxy) is 3. The molecule has 10 heteroatoms. The van der Waals surface area contributed by atoms with E-state index in [1.165, 1.54) is 29.6 Å². The number of methoxy groups -OCH3 is 1. The maximum absolute atomic E-state index is 13.0. The summed E-state index contributed by atoms with van der Waals surface area (Å²) in [6, 6.07) is 13.3. The van der Waals surface area contributed by atoms with Gasteiger partial charge in [-0.3, -0.25) is 9.59 Å². The number of rotatable bonds is 8. The van der Waals surface area contributed by atoms with Crippen molar-refractivity contribution in [2.45, 2.75) is 11.3 Å². The van der Waals surface area contributed by atoms with Crippen molar-refractivity contribution >= 4 is 27.6 Å². The van der Waals surface area contributed by atoms with Gasteiger partial charge in [0.1, 0.15) is 10.6 Å². The maximum Gasteiger partial charge on any atom is 0.310 e. The molecule has 0 atom stereocenters. The Hall–Kier alpha value is -2.95. The summed E-state index contributed by atoms with van der Waals surface area (Å²) >= 11 is 0. The van der Waals surface area contributed by atoms with Gasteiger partial charge in [0, 0.05) is 18.8 Å². The number of morpholine rings is 1. The van der Waals surface area contributed by atoms with E-state index in [2.05, 4.69) is 5.32 Å². The molecule has 166 valence electrons. The van der Waals surface area contributed by atoms with Crippen molar-refractivity contribution in [1.82, 2.24) is 4.31 Å². The van der Waals surface area contributed by atoms with Crippen LogP contribution < -0.4 is 10.1 Å². The minimum absolute atomic E-state index is 0.0542. The summed E-state index contributed by atoms with van der Waals surface area (Å²) in [4.78, 5) is 24.0. The number of hydrogen-bond donors (Lipinski definition) is 1. The van der Waals surface area contributed by atoms with E-state index >= 15 is 0 Å². The molecule has 9 nitrogen and oxygen atoms in total. The van der Waals surface area contributed by atoms with Crippen LogP contribution in [0.1, 0.15) is 5.56 Å². The Morgan fingerprint density at radius 2 is 1.81 bits per heavy atom. The molecule has 0 spiro atoms. The topological polar surface area (TPSA) is 111 Å². The maximum atomic E-state index is 13.0. The van der Waals surface area contributed by atoms with E-state index in [4.69, 9.17) is 14.2 Å². The lowest BCUT2D eigenvalue weighted by Crippen LogP contribution is -2.40. The standard InChI is InChI=1S/C21H24N2O7S/c1-28-18-8-7-17(14-19(18)31(26,27)23-9-11-29-12-10-23)22-20(24)15-30-21(25)13-16-5-3-2-4-6-16/h2-8,14H,9-13,15H2,1H3,(H,22,24). The summed E-state index contributed by atoms with van der Waals surface area (Å²) in [5.74, 6) is -0.952. The monoisotopic (exact) mass is 448 g/mol. The van der Waals surface area contributed by atoms with Gasteiger partial charge >= 0.3 is 5.97 Å². The minimum atomic E-state index is -3.83. The zero-order valence-electron chi connectivity index (χ0n) is 17.1. The normalized spacial score (nSPS) is 14.6. The zero-order valence-corrected chi connectivity index (χ0v) is 17.9. The van der Waals surface area contributed by atoms with E-state index in [0.717, 1.165) is 5.56 Å². The van der Waals surface area contributed by atoms with Crippen molar-refractivity contribution < 1.29 is 32.2 Å². The summed E-state index contributed by atoms with van der Waals surface area (Å²) in [7, 11) is -2.46. The highest BCUT2D eigenvalue weighted by Gasteiger charge is 2.29. The first-order valence-corrected chi connectivity index (χ1v) is 11.1. The first kappa shape index (κ1) is 22.7. The third kappa shape index (κ3) is 6.03. The molecule has 2 aromatic rings. The minimum Gasteiger partial charge on any atom is -0.495 e. The van der Waals surface area contributed by atoms with Crippen LogP contribution in [-0.4, -0.2) is 64.6 Å². The van der Waals surface area contributed by atoms with Crippen molar-refractivity contribution in [3.05, 3.63) is 54.1 Å². The largest absolute Gasteiger partial charge is 0.495 e. The lowest BCUT2D eigenvalue weighted by atomic mass is 10.2. The van der Waals surface area contributed by atoms with Gasteiger partial charge in [-0.25, -0.2) is 8.42 Å². The molecule has 1 N–H and O–H groups in total. The van der Waals surface area contributed by atoms with E-state index < -0.39 is 28.5 Å². The zero-order chi connectivity index (χ0) is 22.3. The van der Waals surface area contributed by atoms with Gasteiger partial charge in [0.15, 0.2) is 6.61 Å². The lowest BCUT2D eigenvalue weighted by molar-refractivity contribution is -0.146. The molecule has 0 unspecified atom stereocenters. The van der Waals surface area contributed by atoms with Gasteiger partial charge < -0.3 is 19.5 Å². The number of hydrogen-bond acceptors (Lipinski definition) is 7. The van der Waals surface area contributed by atoms with Gasteiger partial charge in [-0.05, 0) is 23.8 Å². The summed E-state index contributed by atoms with van der Waals surface area (Å²) in [6.07, 6.45) is 0.0542. The SMILES string of the molecule is COc1ccc(NC(=O)COC(=O)Cc2ccccc2)cc1S(=O)(=O)N1CCOCC1. The summed E-state index contributed by atoms with van der Waals surface area (Å²) in [5, 5.41) is 2.55. The molecular weight excluding hydrogens is 424 g/mol. The number of sulfonamides is 1. The Kier molecular flexibility index (Phi) is 7.61. The fourth-order valence-corrected chi connectivity index (χ4v) is 4.63. The number of nitrogens with zero attached hydrogens (tertiary/aromatic N) is 1. The van der Waals surface area contributed by atoms with Crippen LogP contribution in [0.2, 0.25) is 0 Å². The molecule has 0 aliphatic carbocycles. The van der Waals surface area contributed by atoms with Gasteiger partial charge in [0.05, 0.1) is 26.7 Å². The molecule has 0 radical (unpaired) electrons. The van der Waals surface area contributed by atoms with Gasteiger partial charge in [-0.2, -0.15) is 4.31 Å². The summed E-state index contributed by atoms with van der Waals surface area (Å²) in [6.45, 7) is 0.612. The van der Waals surface area contributed by atoms with E-state index in [0.29, 0.717) is 13.2 Å². The quantitative estimate of drug-likeness (QED) is 0.608. The van der Waals surface area contributed by atoms with Gasteiger partial charge in [-0.1, -0.05) is 30.3 Å². The molecule has 31 heavy (non-hydrogen) atoms. The number of benzene rings is 2. The Balaban J connectivity index is 1.64. The predicted molar refractivity (Wildman–Crippen MR) is 112 cm³/mol. The van der Waals surface area contributed by atoms with Crippen LogP contribution in [0.5, 0.6) is 5.75 Å². The molecule has 2 aromatic carbocycles. The van der Waals surface area contributed by atoms with Gasteiger partial charge in [0.2, 0.25) is 10.0 Å². The molecule has 1 amide bonds. The van der Waals surface area contributed by atoms with Crippen LogP contribution in [0.3, 0.4) is 0 Å². The predicted octanol–water partition coefficient (Wildman–Crippen LogP) is 1.44. The highest BCUT2D eigenvalue weighted by atomic mass is 32.2. The molecule has 1 saturated heterocycles. The van der Waals surface area contributed by atoms with Gasteiger partial charge in [-0.15, -0.1) is 0 Å². The second-order valence-electron chi connectivity index (χ2n) is 6.75. The lowest BCUT2D eigenvalue weighted by Gasteiger charge is -2.26. The van der Waals surface area contributed by atoms with Gasteiger partial charge in [0.25, 0.3) is 5.91 Å². The van der Waals surface area contributed by atoms with E-state index in [-0.39, 0.29) is 35.8 Å². The van der Waals surface area contributed by atoms with E-state index in [9.17, 15) is 18.0 Å². The van der Waals surface area contributed by atoms with Crippen LogP contribution in [0, 0.1) is 0 Å². The molecule has 0 bridgehead atoms. The Bertz CT molecular complexity index is 1020. The number of anilines is 1. The molecule has 1 aliphatic rings. The van der Waals surface area contributed by atoms with Crippen molar-refractivity contribution in [3.8, 4) is 5.75 Å². The van der Waals surface area contributed by atoms with Crippen LogP contribution in [0.15, 0.2) is 53.4 Å². The summed E-state index contributed by atoms with van der Waals surface area (Å²) < 4.78 is 42.7. The number of amides is 1. The Labute approximate surface area is 181 Å². The molecule has 3 rings (SSSR count). The Morgan fingerprint density at radius 1 is 1.10 bits per heavy atom. The van der Waals surface area contributed by atoms with Crippen molar-refractivity contribution in [3.63, 3.8) is 0 Å². The van der Waals surface area contributed by atoms with E-state index in [1.807, 2.05) is 18.2 Å². The Morgan fingerprint density at radius 3 is 2.48 bits per heavy atom. The second kappa shape index (κ2) is 10.4. The smallest absolute Gasteiger partial charge is 0.310 e. The van der Waals surface area contributed by atoms with E-state index in [1.54, 1.807) is 12.1 Å². The van der Waals surface area contributed by atoms with Crippen LogP contribution in [-0.2, 0) is 35.5 Å². The fourth-order valence-electron chi connectivity index (χ4n) is 3.04. The number of carbonyl (C=O) groups excluding carboxylic acids is 2. The highest BCUT2D eigenvalue weighted by Crippen LogP contribution is 2.30. The molecule has 1 fully saturated rings. The molecule has 0 aromatic heterocycles. The van der Waals surface area contributed by atoms with Crippen LogP contribution >= 0.6 is 0 Å². The number of carbonyl (C=O) groups is 2. The van der Waals surface area contributed by atoms with Crippen LogP contribution in [0.25, 0.3) is 0 Å². The van der Waals surface area contributed by atoms with Crippen molar-refractivity contribution in [2.75, 3.05) is 45.3 Å². The average Bonchev–Trinajstić information content (AvgIpc) is 2.79. The summed E-state index contributed by atoms with van der Waals surface area (Å²) in [5.41, 5.74) is 1.03. The fraction of sp³-hybridized carbons (Fsp3) is 0.333. The average molecular weight is 448 g/mol. The number of esters is 1. The first-order valence-electron chi connectivity index (χ1n) is 9.65. The third-order valence-electron chi connectivity index (χ3n) is 4.59. The highest BCUT2D eigenvalue weighted by molar-refractivity contribution is 7.89. The second-order valence-corrected chi connectivity index (χ2v) is 8.66.